The van der Waals surface area contributed by atoms with Crippen LogP contribution in [0.2, 0.25) is 0 Å². The molecule has 6 heteroatoms. The van der Waals surface area contributed by atoms with E-state index in [-0.39, 0.29) is 4.90 Å². The van der Waals surface area contributed by atoms with Gasteiger partial charge in [0, 0.05) is 30.4 Å². The van der Waals surface area contributed by atoms with Gasteiger partial charge in [0.15, 0.2) is 0 Å². The second kappa shape index (κ2) is 8.13. The van der Waals surface area contributed by atoms with Gasteiger partial charge in [-0.15, -0.1) is 0 Å². The van der Waals surface area contributed by atoms with E-state index >= 15 is 0 Å². The van der Waals surface area contributed by atoms with Crippen molar-refractivity contribution >= 4 is 32.0 Å². The molecule has 0 saturated heterocycles. The van der Waals surface area contributed by atoms with E-state index in [1.54, 1.807) is 36.4 Å². The van der Waals surface area contributed by atoms with Crippen molar-refractivity contribution < 1.29 is 8.42 Å². The summed E-state index contributed by atoms with van der Waals surface area (Å²) in [6.45, 7) is 0.559. The first-order chi connectivity index (χ1) is 14.9. The number of nitrogens with zero attached hydrogens (tertiary/aromatic N) is 2. The van der Waals surface area contributed by atoms with Crippen LogP contribution in [-0.2, 0) is 16.4 Å². The second-order valence-electron chi connectivity index (χ2n) is 7.36. The zero-order valence-corrected chi connectivity index (χ0v) is 17.8. The van der Waals surface area contributed by atoms with Crippen LogP contribution in [0.3, 0.4) is 0 Å². The molecule has 0 spiro atoms. The SMILES string of the molecule is CN(Cc1ccc(S(=O)(=O)c2cccc3ccccc23)cc1)c1ccc(N)c(C#N)c1. The number of anilines is 2. The number of sulfone groups is 1. The topological polar surface area (TPSA) is 87.2 Å². The van der Waals surface area contributed by atoms with Crippen molar-refractivity contribution in [3.05, 3.63) is 96.1 Å². The van der Waals surface area contributed by atoms with Crippen molar-refractivity contribution in [2.75, 3.05) is 17.7 Å². The summed E-state index contributed by atoms with van der Waals surface area (Å²) >= 11 is 0. The maximum atomic E-state index is 13.3. The molecular weight excluding hydrogens is 406 g/mol. The van der Waals surface area contributed by atoms with E-state index in [9.17, 15) is 13.7 Å². The minimum Gasteiger partial charge on any atom is -0.398 e. The average molecular weight is 428 g/mol. The fourth-order valence-electron chi connectivity index (χ4n) is 3.57. The highest BCUT2D eigenvalue weighted by Crippen LogP contribution is 2.29. The lowest BCUT2D eigenvalue weighted by atomic mass is 10.1. The van der Waals surface area contributed by atoms with Crippen LogP contribution in [0.5, 0.6) is 0 Å². The number of nitrogen functional groups attached to an aromatic ring is 1. The number of nitrogens with two attached hydrogens (primary N) is 1. The fraction of sp³-hybridized carbons (Fsp3) is 0.0800. The summed E-state index contributed by atoms with van der Waals surface area (Å²) in [5.74, 6) is 0. The molecule has 0 aliphatic carbocycles. The molecule has 0 aliphatic rings. The third-order valence-corrected chi connectivity index (χ3v) is 7.12. The normalized spacial score (nSPS) is 11.2. The van der Waals surface area contributed by atoms with E-state index in [0.29, 0.717) is 28.1 Å². The number of hydrogen-bond donors (Lipinski definition) is 1. The molecule has 0 amide bonds. The summed E-state index contributed by atoms with van der Waals surface area (Å²) in [5.41, 5.74) is 8.49. The van der Waals surface area contributed by atoms with E-state index in [2.05, 4.69) is 6.07 Å². The summed E-state index contributed by atoms with van der Waals surface area (Å²) in [4.78, 5) is 2.55. The molecule has 31 heavy (non-hydrogen) atoms. The first-order valence-corrected chi connectivity index (χ1v) is 11.2. The lowest BCUT2D eigenvalue weighted by Gasteiger charge is -2.20. The van der Waals surface area contributed by atoms with Gasteiger partial charge in [-0.3, -0.25) is 0 Å². The first-order valence-electron chi connectivity index (χ1n) is 9.73. The summed E-state index contributed by atoms with van der Waals surface area (Å²) in [5, 5.41) is 10.8. The monoisotopic (exact) mass is 427 g/mol. The molecule has 0 atom stereocenters. The number of nitriles is 1. The van der Waals surface area contributed by atoms with Crippen molar-refractivity contribution in [3.8, 4) is 6.07 Å². The Bertz CT molecular complexity index is 1400. The predicted molar refractivity (Wildman–Crippen MR) is 124 cm³/mol. The molecule has 0 heterocycles. The predicted octanol–water partition coefficient (Wildman–Crippen LogP) is 4.76. The standard InChI is InChI=1S/C25H21N3O2S/c1-28(21-11-14-24(27)20(15-21)16-26)17-18-9-12-22(13-10-18)31(29,30)25-8-4-6-19-5-2-3-7-23(19)25/h2-15H,17,27H2,1H3. The van der Waals surface area contributed by atoms with Gasteiger partial charge < -0.3 is 10.6 Å². The van der Waals surface area contributed by atoms with E-state index in [1.165, 1.54) is 0 Å². The maximum absolute atomic E-state index is 13.3. The molecule has 0 aromatic heterocycles. The van der Waals surface area contributed by atoms with Crippen LogP contribution >= 0.6 is 0 Å². The van der Waals surface area contributed by atoms with Crippen molar-refractivity contribution in [3.63, 3.8) is 0 Å². The minimum absolute atomic E-state index is 0.259. The van der Waals surface area contributed by atoms with Crippen molar-refractivity contribution in [1.82, 2.24) is 0 Å². The van der Waals surface area contributed by atoms with Gasteiger partial charge in [-0.2, -0.15) is 5.26 Å². The summed E-state index contributed by atoms with van der Waals surface area (Å²) in [7, 11) is -1.73. The molecule has 4 rings (SSSR count). The summed E-state index contributed by atoms with van der Waals surface area (Å²) in [6.07, 6.45) is 0. The van der Waals surface area contributed by atoms with Gasteiger partial charge in [0.05, 0.1) is 15.4 Å². The third kappa shape index (κ3) is 3.96. The molecule has 5 nitrogen and oxygen atoms in total. The lowest BCUT2D eigenvalue weighted by molar-refractivity contribution is 0.597. The van der Waals surface area contributed by atoms with Gasteiger partial charge in [-0.25, -0.2) is 8.42 Å². The quantitative estimate of drug-likeness (QED) is 0.464. The Labute approximate surface area is 181 Å². The number of benzene rings is 4. The van der Waals surface area contributed by atoms with Crippen LogP contribution < -0.4 is 10.6 Å². The zero-order valence-electron chi connectivity index (χ0n) is 17.0. The largest absolute Gasteiger partial charge is 0.398 e. The molecule has 0 aliphatic heterocycles. The molecule has 4 aromatic carbocycles. The maximum Gasteiger partial charge on any atom is 0.207 e. The molecule has 154 valence electrons. The van der Waals surface area contributed by atoms with Gasteiger partial charge in [0.2, 0.25) is 9.84 Å². The highest BCUT2D eigenvalue weighted by atomic mass is 32.2. The molecule has 4 aromatic rings. The lowest BCUT2D eigenvalue weighted by Crippen LogP contribution is -2.16. The van der Waals surface area contributed by atoms with Crippen molar-refractivity contribution in [2.24, 2.45) is 0 Å². The Hall–Kier alpha value is -3.82. The van der Waals surface area contributed by atoms with Gasteiger partial charge in [-0.1, -0.05) is 48.5 Å². The van der Waals surface area contributed by atoms with E-state index < -0.39 is 9.84 Å². The Morgan fingerprint density at radius 2 is 1.65 bits per heavy atom. The molecule has 0 unspecified atom stereocenters. The van der Waals surface area contributed by atoms with Gasteiger partial charge >= 0.3 is 0 Å². The Kier molecular flexibility index (Phi) is 5.37. The second-order valence-corrected chi connectivity index (χ2v) is 9.28. The number of hydrogen-bond acceptors (Lipinski definition) is 5. The third-order valence-electron chi connectivity index (χ3n) is 5.29. The summed E-state index contributed by atoms with van der Waals surface area (Å²) in [6, 6.07) is 27.1. The molecule has 0 saturated carbocycles. The van der Waals surface area contributed by atoms with E-state index in [1.807, 2.05) is 60.5 Å². The van der Waals surface area contributed by atoms with E-state index in [4.69, 9.17) is 5.73 Å². The van der Waals surface area contributed by atoms with Crippen LogP contribution in [0.1, 0.15) is 11.1 Å². The van der Waals surface area contributed by atoms with Crippen LogP contribution in [-0.4, -0.2) is 15.5 Å². The Morgan fingerprint density at radius 1 is 0.935 bits per heavy atom. The van der Waals surface area contributed by atoms with Crippen LogP contribution in [0.15, 0.2) is 94.7 Å². The van der Waals surface area contributed by atoms with E-state index in [0.717, 1.165) is 16.6 Å². The highest BCUT2D eigenvalue weighted by Gasteiger charge is 2.20. The molecule has 2 N–H and O–H groups in total. The summed E-state index contributed by atoms with van der Waals surface area (Å²) < 4.78 is 26.5. The van der Waals surface area contributed by atoms with Crippen LogP contribution in [0.4, 0.5) is 11.4 Å². The molecule has 0 radical (unpaired) electrons. The van der Waals surface area contributed by atoms with Gasteiger partial charge in [0.1, 0.15) is 6.07 Å². The average Bonchev–Trinajstić information content (AvgIpc) is 2.79. The highest BCUT2D eigenvalue weighted by molar-refractivity contribution is 7.91. The van der Waals surface area contributed by atoms with Crippen LogP contribution in [0.25, 0.3) is 10.8 Å². The fourth-order valence-corrected chi connectivity index (χ4v) is 5.06. The molecule has 0 fully saturated rings. The molecular formula is C25H21N3O2S. The minimum atomic E-state index is -3.64. The smallest absolute Gasteiger partial charge is 0.207 e. The number of rotatable bonds is 5. The first kappa shape index (κ1) is 20.5. The van der Waals surface area contributed by atoms with Crippen molar-refractivity contribution in [2.45, 2.75) is 16.3 Å². The van der Waals surface area contributed by atoms with Crippen molar-refractivity contribution in [1.29, 1.82) is 5.26 Å². The number of fused-ring (bicyclic) bond motifs is 1. The Balaban J connectivity index is 1.60. The zero-order chi connectivity index (χ0) is 22.0. The Morgan fingerprint density at radius 3 is 2.39 bits per heavy atom. The molecule has 0 bridgehead atoms. The van der Waals surface area contributed by atoms with Gasteiger partial charge in [-0.05, 0) is 47.3 Å². The van der Waals surface area contributed by atoms with Gasteiger partial charge in [0.25, 0.3) is 0 Å². The van der Waals surface area contributed by atoms with Crippen LogP contribution in [0, 0.1) is 11.3 Å².